The molecule has 1 aromatic carbocycles. The molecule has 4 nitrogen and oxygen atoms in total. The first-order chi connectivity index (χ1) is 8.63. The van der Waals surface area contributed by atoms with Crippen molar-refractivity contribution >= 4 is 29.1 Å². The molecule has 1 fully saturated rings. The Kier molecular flexibility index (Phi) is 4.45. The minimum Gasteiger partial charge on any atom is -0.394 e. The quantitative estimate of drug-likeness (QED) is 0.904. The highest BCUT2D eigenvalue weighted by Crippen LogP contribution is 2.23. The van der Waals surface area contributed by atoms with Crippen LogP contribution in [0.2, 0.25) is 10.0 Å². The largest absolute Gasteiger partial charge is 0.394 e. The van der Waals surface area contributed by atoms with Gasteiger partial charge in [-0.3, -0.25) is 4.79 Å². The number of nitrogens with zero attached hydrogens (tertiary/aromatic N) is 1. The fourth-order valence-corrected chi connectivity index (χ4v) is 2.26. The van der Waals surface area contributed by atoms with Gasteiger partial charge in [0.25, 0.3) is 5.91 Å². The van der Waals surface area contributed by atoms with Crippen molar-refractivity contribution in [2.24, 2.45) is 0 Å². The van der Waals surface area contributed by atoms with E-state index in [1.165, 1.54) is 6.07 Å². The van der Waals surface area contributed by atoms with E-state index in [0.29, 0.717) is 35.4 Å². The van der Waals surface area contributed by atoms with Crippen molar-refractivity contribution in [1.82, 2.24) is 4.90 Å². The molecule has 1 heterocycles. The zero-order chi connectivity index (χ0) is 13.1. The number of amides is 1. The van der Waals surface area contributed by atoms with Crippen molar-refractivity contribution in [3.63, 3.8) is 0 Å². The second kappa shape index (κ2) is 5.89. The molecular weight excluding hydrogens is 277 g/mol. The van der Waals surface area contributed by atoms with Crippen LogP contribution in [-0.2, 0) is 4.74 Å². The van der Waals surface area contributed by atoms with Crippen molar-refractivity contribution in [3.8, 4) is 0 Å². The third-order valence-electron chi connectivity index (χ3n) is 2.86. The van der Waals surface area contributed by atoms with Crippen LogP contribution in [0.3, 0.4) is 0 Å². The summed E-state index contributed by atoms with van der Waals surface area (Å²) >= 11 is 11.9. The van der Waals surface area contributed by atoms with E-state index in [2.05, 4.69) is 0 Å². The molecule has 1 aliphatic heterocycles. The molecule has 1 unspecified atom stereocenters. The van der Waals surface area contributed by atoms with E-state index in [1.54, 1.807) is 17.0 Å². The van der Waals surface area contributed by atoms with Crippen LogP contribution < -0.4 is 0 Å². The third kappa shape index (κ3) is 2.78. The lowest BCUT2D eigenvalue weighted by atomic mass is 10.1. The van der Waals surface area contributed by atoms with E-state index < -0.39 is 0 Å². The summed E-state index contributed by atoms with van der Waals surface area (Å²) in [5.41, 5.74) is 0.351. The van der Waals surface area contributed by atoms with Crippen LogP contribution in [0.5, 0.6) is 0 Å². The standard InChI is InChI=1S/C12H13Cl2NO3/c13-8-1-2-11(14)10(5-8)12(17)15-3-4-18-7-9(15)6-16/h1-2,5,9,16H,3-4,6-7H2. The molecular formula is C12H13Cl2NO3. The Bertz CT molecular complexity index is 453. The first-order valence-electron chi connectivity index (χ1n) is 5.58. The molecule has 98 valence electrons. The number of carbonyl (C=O) groups is 1. The maximum Gasteiger partial charge on any atom is 0.255 e. The molecule has 18 heavy (non-hydrogen) atoms. The summed E-state index contributed by atoms with van der Waals surface area (Å²) < 4.78 is 5.23. The van der Waals surface area contributed by atoms with Gasteiger partial charge in [0.15, 0.2) is 0 Å². The number of carbonyl (C=O) groups excluding carboxylic acids is 1. The number of ether oxygens (including phenoxy) is 1. The summed E-state index contributed by atoms with van der Waals surface area (Å²) in [5.74, 6) is -0.232. The van der Waals surface area contributed by atoms with Gasteiger partial charge in [0, 0.05) is 11.6 Å². The lowest BCUT2D eigenvalue weighted by Crippen LogP contribution is -2.50. The number of aliphatic hydroxyl groups excluding tert-OH is 1. The summed E-state index contributed by atoms with van der Waals surface area (Å²) in [4.78, 5) is 13.9. The molecule has 0 saturated carbocycles. The van der Waals surface area contributed by atoms with Crippen LogP contribution in [0.1, 0.15) is 10.4 Å². The molecule has 1 N–H and O–H groups in total. The molecule has 0 radical (unpaired) electrons. The number of aliphatic hydroxyl groups is 1. The van der Waals surface area contributed by atoms with Gasteiger partial charge < -0.3 is 14.7 Å². The molecule has 1 atom stereocenters. The van der Waals surface area contributed by atoms with Crippen molar-refractivity contribution in [3.05, 3.63) is 33.8 Å². The third-order valence-corrected chi connectivity index (χ3v) is 3.42. The summed E-state index contributed by atoms with van der Waals surface area (Å²) in [6.45, 7) is 1.09. The topological polar surface area (TPSA) is 49.8 Å². The second-order valence-corrected chi connectivity index (χ2v) is 4.88. The van der Waals surface area contributed by atoms with Crippen LogP contribution in [0, 0.1) is 0 Å². The molecule has 1 aromatic rings. The van der Waals surface area contributed by atoms with E-state index in [-0.39, 0.29) is 18.6 Å². The second-order valence-electron chi connectivity index (χ2n) is 4.03. The maximum atomic E-state index is 12.4. The number of benzene rings is 1. The summed E-state index contributed by atoms with van der Waals surface area (Å²) in [5, 5.41) is 10.1. The monoisotopic (exact) mass is 289 g/mol. The van der Waals surface area contributed by atoms with Crippen LogP contribution in [-0.4, -0.2) is 48.3 Å². The average molecular weight is 290 g/mol. The summed E-state index contributed by atoms with van der Waals surface area (Å²) in [6.07, 6.45) is 0. The summed E-state index contributed by atoms with van der Waals surface area (Å²) in [6, 6.07) is 4.42. The fraction of sp³-hybridized carbons (Fsp3) is 0.417. The number of morpholine rings is 1. The van der Waals surface area contributed by atoms with Gasteiger partial charge in [0.05, 0.1) is 36.4 Å². The highest BCUT2D eigenvalue weighted by atomic mass is 35.5. The van der Waals surface area contributed by atoms with Crippen molar-refractivity contribution in [2.75, 3.05) is 26.4 Å². The molecule has 2 rings (SSSR count). The zero-order valence-corrected chi connectivity index (χ0v) is 11.1. The normalized spacial score (nSPS) is 19.9. The van der Waals surface area contributed by atoms with Crippen LogP contribution in [0.15, 0.2) is 18.2 Å². The molecule has 6 heteroatoms. The smallest absolute Gasteiger partial charge is 0.255 e. The van der Waals surface area contributed by atoms with Crippen molar-refractivity contribution in [1.29, 1.82) is 0 Å². The lowest BCUT2D eigenvalue weighted by molar-refractivity contribution is -0.0183. The number of halogens is 2. The van der Waals surface area contributed by atoms with E-state index >= 15 is 0 Å². The van der Waals surface area contributed by atoms with Gasteiger partial charge in [0.2, 0.25) is 0 Å². The molecule has 0 aliphatic carbocycles. The minimum absolute atomic E-state index is 0.135. The van der Waals surface area contributed by atoms with Crippen LogP contribution in [0.25, 0.3) is 0 Å². The molecule has 0 bridgehead atoms. The Balaban J connectivity index is 2.26. The van der Waals surface area contributed by atoms with Gasteiger partial charge in [0.1, 0.15) is 0 Å². The Morgan fingerprint density at radius 2 is 2.28 bits per heavy atom. The Labute approximate surface area is 115 Å². The van der Waals surface area contributed by atoms with E-state index in [4.69, 9.17) is 27.9 Å². The highest BCUT2D eigenvalue weighted by molar-refractivity contribution is 6.35. The average Bonchev–Trinajstić information content (AvgIpc) is 2.40. The van der Waals surface area contributed by atoms with E-state index in [9.17, 15) is 9.90 Å². The van der Waals surface area contributed by atoms with Gasteiger partial charge in [-0.1, -0.05) is 23.2 Å². The van der Waals surface area contributed by atoms with E-state index in [0.717, 1.165) is 0 Å². The molecule has 1 aliphatic rings. The van der Waals surface area contributed by atoms with Crippen molar-refractivity contribution < 1.29 is 14.6 Å². The van der Waals surface area contributed by atoms with Gasteiger partial charge in [-0.15, -0.1) is 0 Å². The predicted octanol–water partition coefficient (Wildman–Crippen LogP) is 1.83. The number of rotatable bonds is 2. The van der Waals surface area contributed by atoms with Gasteiger partial charge in [-0.05, 0) is 18.2 Å². The molecule has 1 amide bonds. The van der Waals surface area contributed by atoms with Crippen LogP contribution in [0.4, 0.5) is 0 Å². The predicted molar refractivity (Wildman–Crippen MR) is 69.2 cm³/mol. The minimum atomic E-state index is -0.332. The van der Waals surface area contributed by atoms with Gasteiger partial charge >= 0.3 is 0 Å². The fourth-order valence-electron chi connectivity index (χ4n) is 1.89. The van der Waals surface area contributed by atoms with Crippen LogP contribution >= 0.6 is 23.2 Å². The first kappa shape index (κ1) is 13.6. The Morgan fingerprint density at radius 1 is 1.50 bits per heavy atom. The van der Waals surface area contributed by atoms with Gasteiger partial charge in [-0.25, -0.2) is 0 Å². The van der Waals surface area contributed by atoms with Crippen molar-refractivity contribution in [2.45, 2.75) is 6.04 Å². The van der Waals surface area contributed by atoms with E-state index in [1.807, 2.05) is 0 Å². The molecule has 0 spiro atoms. The SMILES string of the molecule is O=C(c1cc(Cl)ccc1Cl)N1CCOCC1CO. The van der Waals surface area contributed by atoms with Gasteiger partial charge in [-0.2, -0.15) is 0 Å². The Hall–Kier alpha value is -0.810. The highest BCUT2D eigenvalue weighted by Gasteiger charge is 2.28. The zero-order valence-electron chi connectivity index (χ0n) is 9.60. The molecule has 0 aromatic heterocycles. The number of hydrogen-bond acceptors (Lipinski definition) is 3. The Morgan fingerprint density at radius 3 is 3.00 bits per heavy atom. The lowest BCUT2D eigenvalue weighted by Gasteiger charge is -2.34. The summed E-state index contributed by atoms with van der Waals surface area (Å²) in [7, 11) is 0. The molecule has 1 saturated heterocycles. The number of hydrogen-bond donors (Lipinski definition) is 1. The first-order valence-corrected chi connectivity index (χ1v) is 6.33. The maximum absolute atomic E-state index is 12.4.